The van der Waals surface area contributed by atoms with Crippen molar-refractivity contribution in [3.8, 4) is 0 Å². The van der Waals surface area contributed by atoms with Gasteiger partial charge in [0.1, 0.15) is 0 Å². The Balaban J connectivity index is 1.85. The van der Waals surface area contributed by atoms with Gasteiger partial charge in [0.2, 0.25) is 5.79 Å². The Bertz CT molecular complexity index is 470. The van der Waals surface area contributed by atoms with Gasteiger partial charge in [0.15, 0.2) is 18.2 Å². The van der Waals surface area contributed by atoms with Crippen LogP contribution in [0.3, 0.4) is 0 Å². The van der Waals surface area contributed by atoms with Crippen LogP contribution in [0.5, 0.6) is 0 Å². The highest BCUT2D eigenvalue weighted by atomic mass is 17.3. The van der Waals surface area contributed by atoms with E-state index in [2.05, 4.69) is 20.8 Å². The molecule has 0 aromatic heterocycles. The lowest BCUT2D eigenvalue weighted by molar-refractivity contribution is -0.583. The SMILES string of the molecule is COC1O[C@@H]2O[C@@]3(C)CC[C@@]4(C)[C@H](C)CCC(C1C)[C@@]24OO3. The van der Waals surface area contributed by atoms with Gasteiger partial charge in [-0.3, -0.25) is 0 Å². The van der Waals surface area contributed by atoms with E-state index in [4.69, 9.17) is 24.0 Å². The molecule has 3 unspecified atom stereocenters. The summed E-state index contributed by atoms with van der Waals surface area (Å²) in [4.78, 5) is 12.0. The van der Waals surface area contributed by atoms with Crippen LogP contribution in [0.25, 0.3) is 0 Å². The van der Waals surface area contributed by atoms with Crippen molar-refractivity contribution in [2.45, 2.75) is 77.3 Å². The molecule has 1 saturated carbocycles. The number of methoxy groups -OCH3 is 1. The molecule has 2 bridgehead atoms. The maximum Gasteiger partial charge on any atom is 0.201 e. The quantitative estimate of drug-likeness (QED) is 0.696. The zero-order chi connectivity index (χ0) is 15.8. The summed E-state index contributed by atoms with van der Waals surface area (Å²) in [6, 6.07) is 0. The molecule has 1 spiro atoms. The minimum absolute atomic E-state index is 0.0121. The van der Waals surface area contributed by atoms with E-state index < -0.39 is 17.7 Å². The molecule has 1 aliphatic carbocycles. The van der Waals surface area contributed by atoms with Gasteiger partial charge in [0.25, 0.3) is 0 Å². The highest BCUT2D eigenvalue weighted by Gasteiger charge is 2.73. The topological polar surface area (TPSA) is 46.2 Å². The molecular weight excluding hydrogens is 284 g/mol. The zero-order valence-corrected chi connectivity index (χ0v) is 14.3. The largest absolute Gasteiger partial charge is 0.355 e. The van der Waals surface area contributed by atoms with Crippen LogP contribution < -0.4 is 0 Å². The van der Waals surface area contributed by atoms with E-state index in [1.165, 1.54) is 6.42 Å². The monoisotopic (exact) mass is 312 g/mol. The Morgan fingerprint density at radius 2 is 1.82 bits per heavy atom. The Morgan fingerprint density at radius 1 is 1.05 bits per heavy atom. The molecule has 5 aliphatic rings. The van der Waals surface area contributed by atoms with Crippen molar-refractivity contribution >= 4 is 0 Å². The molecule has 4 aliphatic heterocycles. The Kier molecular flexibility index (Phi) is 3.25. The van der Waals surface area contributed by atoms with E-state index >= 15 is 0 Å². The third-order valence-electron chi connectivity index (χ3n) is 7.16. The van der Waals surface area contributed by atoms with Crippen molar-refractivity contribution in [1.29, 1.82) is 0 Å². The van der Waals surface area contributed by atoms with E-state index in [0.29, 0.717) is 11.8 Å². The molecule has 0 aromatic rings. The predicted octanol–water partition coefficient (Wildman–Crippen LogP) is 3.23. The van der Waals surface area contributed by atoms with Gasteiger partial charge >= 0.3 is 0 Å². The van der Waals surface area contributed by atoms with E-state index in [1.807, 2.05) is 6.92 Å². The second kappa shape index (κ2) is 4.67. The van der Waals surface area contributed by atoms with E-state index in [1.54, 1.807) is 7.11 Å². The molecule has 5 nitrogen and oxygen atoms in total. The first-order valence-electron chi connectivity index (χ1n) is 8.59. The van der Waals surface area contributed by atoms with Crippen molar-refractivity contribution in [2.75, 3.05) is 7.11 Å². The molecule has 5 fully saturated rings. The van der Waals surface area contributed by atoms with Gasteiger partial charge < -0.3 is 14.2 Å². The molecule has 0 radical (unpaired) electrons. The lowest BCUT2D eigenvalue weighted by Crippen LogP contribution is -2.73. The van der Waals surface area contributed by atoms with Gasteiger partial charge in [-0.15, -0.1) is 0 Å². The number of fused-ring (bicyclic) bond motifs is 2. The molecule has 4 heterocycles. The van der Waals surface area contributed by atoms with Gasteiger partial charge in [0.05, 0.1) is 0 Å². The number of rotatable bonds is 1. The molecule has 5 heteroatoms. The smallest absolute Gasteiger partial charge is 0.201 e. The van der Waals surface area contributed by atoms with Crippen LogP contribution in [0, 0.1) is 23.2 Å². The van der Waals surface area contributed by atoms with Crippen LogP contribution in [0.2, 0.25) is 0 Å². The van der Waals surface area contributed by atoms with Crippen LogP contribution >= 0.6 is 0 Å². The number of ether oxygens (including phenoxy) is 3. The standard InChI is InChI=1S/C17H28O5/c1-10-6-7-12-11(2)13(18-5)19-14-17(12)15(10,3)8-9-16(4,20-14)21-22-17/h10-14H,6-9H2,1-5H3/t10-,11?,12?,13?,14-,15+,16-,17-/m1/s1. The minimum Gasteiger partial charge on any atom is -0.355 e. The summed E-state index contributed by atoms with van der Waals surface area (Å²) in [6.07, 6.45) is 3.49. The summed E-state index contributed by atoms with van der Waals surface area (Å²) in [5.41, 5.74) is -0.545. The minimum atomic E-state index is -0.723. The first kappa shape index (κ1) is 15.3. The van der Waals surface area contributed by atoms with Crippen molar-refractivity contribution < 1.29 is 24.0 Å². The van der Waals surface area contributed by atoms with Gasteiger partial charge in [-0.2, -0.15) is 0 Å². The molecule has 4 saturated heterocycles. The third kappa shape index (κ3) is 1.67. The Hall–Kier alpha value is -0.200. The maximum atomic E-state index is 6.27. The van der Waals surface area contributed by atoms with Crippen LogP contribution in [0.1, 0.15) is 53.4 Å². The number of hydrogen-bond acceptors (Lipinski definition) is 5. The Morgan fingerprint density at radius 3 is 2.55 bits per heavy atom. The van der Waals surface area contributed by atoms with Crippen molar-refractivity contribution in [3.05, 3.63) is 0 Å². The average molecular weight is 312 g/mol. The van der Waals surface area contributed by atoms with E-state index in [9.17, 15) is 0 Å². The van der Waals surface area contributed by atoms with Crippen LogP contribution in [0.4, 0.5) is 0 Å². The molecular formula is C17H28O5. The molecule has 0 amide bonds. The first-order valence-corrected chi connectivity index (χ1v) is 8.59. The second-order valence-corrected chi connectivity index (χ2v) is 8.15. The van der Waals surface area contributed by atoms with Gasteiger partial charge in [0, 0.05) is 30.8 Å². The van der Waals surface area contributed by atoms with Gasteiger partial charge in [-0.1, -0.05) is 20.8 Å². The predicted molar refractivity (Wildman–Crippen MR) is 78.5 cm³/mol. The fourth-order valence-corrected chi connectivity index (χ4v) is 5.42. The third-order valence-corrected chi connectivity index (χ3v) is 7.16. The van der Waals surface area contributed by atoms with E-state index in [0.717, 1.165) is 19.3 Å². The molecule has 8 atom stereocenters. The number of hydrogen-bond donors (Lipinski definition) is 0. The van der Waals surface area contributed by atoms with Crippen molar-refractivity contribution in [2.24, 2.45) is 23.2 Å². The molecule has 5 rings (SSSR count). The molecule has 0 N–H and O–H groups in total. The summed E-state index contributed by atoms with van der Waals surface area (Å²) < 4.78 is 18.1. The molecule has 0 aromatic carbocycles. The lowest BCUT2D eigenvalue weighted by Gasteiger charge is -2.64. The lowest BCUT2D eigenvalue weighted by atomic mass is 9.50. The van der Waals surface area contributed by atoms with Crippen molar-refractivity contribution in [1.82, 2.24) is 0 Å². The van der Waals surface area contributed by atoms with E-state index in [-0.39, 0.29) is 17.6 Å². The van der Waals surface area contributed by atoms with Crippen LogP contribution in [-0.4, -0.2) is 31.1 Å². The summed E-state index contributed by atoms with van der Waals surface area (Å²) in [5, 5.41) is 0. The molecule has 126 valence electrons. The first-order chi connectivity index (χ1) is 10.4. The van der Waals surface area contributed by atoms with Crippen LogP contribution in [-0.2, 0) is 24.0 Å². The van der Waals surface area contributed by atoms with Crippen molar-refractivity contribution in [3.63, 3.8) is 0 Å². The highest BCUT2D eigenvalue weighted by Crippen LogP contribution is 2.66. The summed E-state index contributed by atoms with van der Waals surface area (Å²) in [5.74, 6) is 0.399. The van der Waals surface area contributed by atoms with Gasteiger partial charge in [-0.25, -0.2) is 9.78 Å². The summed E-state index contributed by atoms with van der Waals surface area (Å²) in [7, 11) is 1.71. The average Bonchev–Trinajstić information content (AvgIpc) is 2.67. The normalized spacial score (nSPS) is 60.7. The summed E-state index contributed by atoms with van der Waals surface area (Å²) >= 11 is 0. The van der Waals surface area contributed by atoms with Crippen LogP contribution in [0.15, 0.2) is 0 Å². The molecule has 22 heavy (non-hydrogen) atoms. The highest BCUT2D eigenvalue weighted by molar-refractivity contribution is 5.14. The van der Waals surface area contributed by atoms with Gasteiger partial charge in [-0.05, 0) is 32.1 Å². The zero-order valence-electron chi connectivity index (χ0n) is 14.3. The summed E-state index contributed by atoms with van der Waals surface area (Å²) in [6.45, 7) is 8.81. The maximum absolute atomic E-state index is 6.27. The second-order valence-electron chi connectivity index (χ2n) is 8.15. The fraction of sp³-hybridized carbons (Fsp3) is 1.00. The Labute approximate surface area is 132 Å². The fourth-order valence-electron chi connectivity index (χ4n) is 5.42.